The van der Waals surface area contributed by atoms with Gasteiger partial charge in [-0.25, -0.2) is 13.6 Å². The average Bonchev–Trinajstić information content (AvgIpc) is 3.21. The van der Waals surface area contributed by atoms with Gasteiger partial charge in [-0.05, 0) is 67.0 Å². The standard InChI is InChI=1S/C23H29N3O3S/c24-30(28,29)21-9-3-5-17(13-21)14-25-23(27)20-11-12-26(16-20)15-19-8-4-7-18-6-1-2-10-22(18)19/h1-3,5-6,9-10,13,19-20H,4,7-8,11-12,14-16H2,(H,25,27)(H2,24,28,29). The molecule has 2 unspecified atom stereocenters. The van der Waals surface area contributed by atoms with Crippen LogP contribution >= 0.6 is 0 Å². The lowest BCUT2D eigenvalue weighted by atomic mass is 9.82. The molecule has 2 aliphatic rings. The number of carbonyl (C=O) groups excluding carboxylic acids is 1. The summed E-state index contributed by atoms with van der Waals surface area (Å²) in [5.41, 5.74) is 3.68. The Balaban J connectivity index is 1.30. The fraction of sp³-hybridized carbons (Fsp3) is 0.435. The molecule has 4 rings (SSSR count). The first-order chi connectivity index (χ1) is 14.4. The number of nitrogens with one attached hydrogen (secondary N) is 1. The maximum Gasteiger partial charge on any atom is 0.238 e. The van der Waals surface area contributed by atoms with Gasteiger partial charge in [0.15, 0.2) is 0 Å². The Labute approximate surface area is 178 Å². The summed E-state index contributed by atoms with van der Waals surface area (Å²) < 4.78 is 23.0. The molecule has 1 heterocycles. The third kappa shape index (κ3) is 4.91. The van der Waals surface area contributed by atoms with Gasteiger partial charge in [-0.15, -0.1) is 0 Å². The van der Waals surface area contributed by atoms with Gasteiger partial charge < -0.3 is 10.2 Å². The van der Waals surface area contributed by atoms with Gasteiger partial charge in [-0.3, -0.25) is 4.79 Å². The van der Waals surface area contributed by atoms with E-state index in [4.69, 9.17) is 5.14 Å². The molecule has 1 amide bonds. The Bertz CT molecular complexity index is 1020. The molecule has 6 nitrogen and oxygen atoms in total. The van der Waals surface area contributed by atoms with Crippen LogP contribution in [0, 0.1) is 5.92 Å². The highest BCUT2D eigenvalue weighted by molar-refractivity contribution is 7.89. The number of aryl methyl sites for hydroxylation is 1. The molecule has 30 heavy (non-hydrogen) atoms. The number of amides is 1. The number of hydrogen-bond donors (Lipinski definition) is 2. The van der Waals surface area contributed by atoms with Crippen LogP contribution in [0.15, 0.2) is 53.4 Å². The number of hydrogen-bond acceptors (Lipinski definition) is 4. The van der Waals surface area contributed by atoms with Crippen molar-refractivity contribution >= 4 is 15.9 Å². The molecule has 0 saturated carbocycles. The molecule has 2 atom stereocenters. The number of fused-ring (bicyclic) bond motifs is 1. The Morgan fingerprint density at radius 1 is 1.13 bits per heavy atom. The van der Waals surface area contributed by atoms with Crippen LogP contribution in [-0.4, -0.2) is 38.9 Å². The topological polar surface area (TPSA) is 92.5 Å². The van der Waals surface area contributed by atoms with Gasteiger partial charge in [-0.2, -0.15) is 0 Å². The zero-order valence-corrected chi connectivity index (χ0v) is 17.9. The number of nitrogens with zero attached hydrogens (tertiary/aromatic N) is 1. The Morgan fingerprint density at radius 2 is 1.97 bits per heavy atom. The van der Waals surface area contributed by atoms with Crippen molar-refractivity contribution in [1.29, 1.82) is 0 Å². The fourth-order valence-corrected chi connectivity index (χ4v) is 5.32. The second-order valence-electron chi connectivity index (χ2n) is 8.44. The highest BCUT2D eigenvalue weighted by Gasteiger charge is 2.30. The van der Waals surface area contributed by atoms with Crippen molar-refractivity contribution in [3.8, 4) is 0 Å². The van der Waals surface area contributed by atoms with Crippen molar-refractivity contribution < 1.29 is 13.2 Å². The van der Waals surface area contributed by atoms with E-state index in [1.165, 1.54) is 42.5 Å². The lowest BCUT2D eigenvalue weighted by molar-refractivity contribution is -0.124. The largest absolute Gasteiger partial charge is 0.352 e. The van der Waals surface area contributed by atoms with Crippen LogP contribution in [0.4, 0.5) is 0 Å². The fourth-order valence-electron chi connectivity index (χ4n) is 4.73. The van der Waals surface area contributed by atoms with Crippen LogP contribution in [0.3, 0.4) is 0 Å². The molecule has 7 heteroatoms. The maximum atomic E-state index is 12.7. The SMILES string of the molecule is NS(=O)(=O)c1cccc(CNC(=O)C2CCN(CC3CCCc4ccccc43)C2)c1. The molecule has 1 fully saturated rings. The van der Waals surface area contributed by atoms with E-state index in [9.17, 15) is 13.2 Å². The van der Waals surface area contributed by atoms with Crippen molar-refractivity contribution in [1.82, 2.24) is 10.2 Å². The summed E-state index contributed by atoms with van der Waals surface area (Å²) in [5.74, 6) is 0.561. The van der Waals surface area contributed by atoms with Crippen molar-refractivity contribution in [3.05, 3.63) is 65.2 Å². The number of rotatable bonds is 6. The van der Waals surface area contributed by atoms with E-state index in [1.807, 2.05) is 0 Å². The third-order valence-electron chi connectivity index (χ3n) is 6.31. The van der Waals surface area contributed by atoms with Crippen LogP contribution in [0.25, 0.3) is 0 Å². The molecular weight excluding hydrogens is 398 g/mol. The van der Waals surface area contributed by atoms with Gasteiger partial charge in [0.05, 0.1) is 10.8 Å². The van der Waals surface area contributed by atoms with Crippen molar-refractivity contribution in [2.45, 2.75) is 43.0 Å². The molecule has 3 N–H and O–H groups in total. The molecule has 0 radical (unpaired) electrons. The van der Waals surface area contributed by atoms with E-state index in [1.54, 1.807) is 12.1 Å². The average molecular weight is 428 g/mol. The van der Waals surface area contributed by atoms with Crippen LogP contribution in [0.5, 0.6) is 0 Å². The summed E-state index contributed by atoms with van der Waals surface area (Å²) in [6, 6.07) is 15.1. The minimum absolute atomic E-state index is 0.0229. The zero-order valence-electron chi connectivity index (χ0n) is 17.1. The van der Waals surface area contributed by atoms with Crippen LogP contribution in [-0.2, 0) is 27.8 Å². The molecule has 1 aliphatic heterocycles. The molecule has 1 aliphatic carbocycles. The highest BCUT2D eigenvalue weighted by atomic mass is 32.2. The van der Waals surface area contributed by atoms with Gasteiger partial charge >= 0.3 is 0 Å². The summed E-state index contributed by atoms with van der Waals surface area (Å²) in [5, 5.41) is 8.14. The van der Waals surface area contributed by atoms with Crippen molar-refractivity contribution in [2.24, 2.45) is 11.1 Å². The van der Waals surface area contributed by atoms with Gasteiger partial charge in [0.1, 0.15) is 0 Å². The zero-order chi connectivity index (χ0) is 21.1. The van der Waals surface area contributed by atoms with E-state index >= 15 is 0 Å². The first-order valence-corrected chi connectivity index (χ1v) is 12.1. The van der Waals surface area contributed by atoms with Gasteiger partial charge in [0, 0.05) is 19.6 Å². The second kappa shape index (κ2) is 8.88. The highest BCUT2D eigenvalue weighted by Crippen LogP contribution is 2.33. The lowest BCUT2D eigenvalue weighted by Gasteiger charge is -2.29. The van der Waals surface area contributed by atoms with Crippen LogP contribution < -0.4 is 10.5 Å². The summed E-state index contributed by atoms with van der Waals surface area (Å²) in [4.78, 5) is 15.1. The first kappa shape index (κ1) is 21.0. The summed E-state index contributed by atoms with van der Waals surface area (Å²) in [6.07, 6.45) is 4.48. The Hall–Kier alpha value is -2.22. The maximum absolute atomic E-state index is 12.7. The number of primary sulfonamides is 1. The molecule has 1 saturated heterocycles. The number of benzene rings is 2. The predicted octanol–water partition coefficient (Wildman–Crippen LogP) is 2.39. The van der Waals surface area contributed by atoms with Crippen molar-refractivity contribution in [3.63, 3.8) is 0 Å². The monoisotopic (exact) mass is 427 g/mol. The predicted molar refractivity (Wildman–Crippen MR) is 116 cm³/mol. The Morgan fingerprint density at radius 3 is 2.80 bits per heavy atom. The molecular formula is C23H29N3O3S. The van der Waals surface area contributed by atoms with Gasteiger partial charge in [0.25, 0.3) is 0 Å². The lowest BCUT2D eigenvalue weighted by Crippen LogP contribution is -2.34. The summed E-state index contributed by atoms with van der Waals surface area (Å²) in [6.45, 7) is 3.03. The number of carbonyl (C=O) groups is 1. The molecule has 0 bridgehead atoms. The second-order valence-corrected chi connectivity index (χ2v) is 10.0. The van der Waals surface area contributed by atoms with Crippen LogP contribution in [0.1, 0.15) is 41.9 Å². The summed E-state index contributed by atoms with van der Waals surface area (Å²) >= 11 is 0. The molecule has 160 valence electrons. The van der Waals surface area contributed by atoms with E-state index in [-0.39, 0.29) is 16.7 Å². The van der Waals surface area contributed by atoms with Gasteiger partial charge in [-0.1, -0.05) is 36.4 Å². The van der Waals surface area contributed by atoms with E-state index < -0.39 is 10.0 Å². The molecule has 0 spiro atoms. The van der Waals surface area contributed by atoms with E-state index in [0.29, 0.717) is 12.5 Å². The summed E-state index contributed by atoms with van der Waals surface area (Å²) in [7, 11) is -3.74. The normalized spacial score (nSPS) is 21.9. The minimum atomic E-state index is -3.74. The number of likely N-dealkylation sites (tertiary alicyclic amines) is 1. The minimum Gasteiger partial charge on any atom is -0.352 e. The molecule has 2 aromatic rings. The van der Waals surface area contributed by atoms with Crippen molar-refractivity contribution in [2.75, 3.05) is 19.6 Å². The number of nitrogens with two attached hydrogens (primary N) is 1. The third-order valence-corrected chi connectivity index (χ3v) is 7.22. The van der Waals surface area contributed by atoms with Crippen LogP contribution in [0.2, 0.25) is 0 Å². The Kier molecular flexibility index (Phi) is 6.22. The number of sulfonamides is 1. The first-order valence-electron chi connectivity index (χ1n) is 10.6. The molecule has 2 aromatic carbocycles. The van der Waals surface area contributed by atoms with Gasteiger partial charge in [0.2, 0.25) is 15.9 Å². The smallest absolute Gasteiger partial charge is 0.238 e. The van der Waals surface area contributed by atoms with E-state index in [0.717, 1.165) is 31.6 Å². The molecule has 0 aromatic heterocycles. The van der Waals surface area contributed by atoms with E-state index in [2.05, 4.69) is 34.5 Å². The quantitative estimate of drug-likeness (QED) is 0.740.